The zero-order valence-electron chi connectivity index (χ0n) is 12.1. The molecule has 1 aliphatic rings. The fraction of sp³-hybridized carbons (Fsp3) is 0.714. The van der Waals surface area contributed by atoms with Gasteiger partial charge in [-0.2, -0.15) is 0 Å². The first kappa shape index (κ1) is 14.2. The molecule has 2 heterocycles. The van der Waals surface area contributed by atoms with E-state index in [9.17, 15) is 0 Å². The highest BCUT2D eigenvalue weighted by Gasteiger charge is 2.18. The van der Waals surface area contributed by atoms with Crippen LogP contribution in [0.2, 0.25) is 0 Å². The summed E-state index contributed by atoms with van der Waals surface area (Å²) < 4.78 is 0. The molecule has 5 nitrogen and oxygen atoms in total. The summed E-state index contributed by atoms with van der Waals surface area (Å²) in [7, 11) is 2.05. The van der Waals surface area contributed by atoms with E-state index in [2.05, 4.69) is 38.9 Å². The molecular formula is C14H25N5. The van der Waals surface area contributed by atoms with Crippen LogP contribution >= 0.6 is 0 Å². The van der Waals surface area contributed by atoms with Crippen molar-refractivity contribution in [2.75, 3.05) is 44.8 Å². The van der Waals surface area contributed by atoms with Crippen molar-refractivity contribution in [3.63, 3.8) is 0 Å². The Balaban J connectivity index is 1.88. The molecule has 0 spiro atoms. The molecule has 1 fully saturated rings. The maximum absolute atomic E-state index is 4.31. The van der Waals surface area contributed by atoms with Gasteiger partial charge in [0.15, 0.2) is 0 Å². The zero-order chi connectivity index (χ0) is 13.5. The fourth-order valence-corrected chi connectivity index (χ4v) is 2.45. The lowest BCUT2D eigenvalue weighted by molar-refractivity contribution is 0.246. The summed E-state index contributed by atoms with van der Waals surface area (Å²) in [4.78, 5) is 11.2. The number of hydrazine groups is 1. The molecule has 5 heteroatoms. The molecule has 0 aromatic carbocycles. The highest BCUT2D eigenvalue weighted by molar-refractivity contribution is 5.24. The van der Waals surface area contributed by atoms with Crippen LogP contribution in [0.3, 0.4) is 0 Å². The Morgan fingerprint density at radius 3 is 2.68 bits per heavy atom. The van der Waals surface area contributed by atoms with Crippen molar-refractivity contribution in [2.45, 2.75) is 26.2 Å². The van der Waals surface area contributed by atoms with Crippen LogP contribution < -0.4 is 5.01 Å². The third-order valence-corrected chi connectivity index (χ3v) is 3.66. The minimum absolute atomic E-state index is 0.782. The van der Waals surface area contributed by atoms with E-state index in [1.54, 1.807) is 12.4 Å². The van der Waals surface area contributed by atoms with Crippen molar-refractivity contribution in [2.24, 2.45) is 0 Å². The fourth-order valence-electron chi connectivity index (χ4n) is 2.45. The smallest absolute Gasteiger partial charge is 0.239 e. The summed E-state index contributed by atoms with van der Waals surface area (Å²) in [6.07, 6.45) is 7.38. The van der Waals surface area contributed by atoms with Crippen molar-refractivity contribution in [1.29, 1.82) is 0 Å². The standard InChI is InChI=1S/C14H25N5/c1-3-4-9-18-10-6-11-19(13-12-18)17(2)14-15-7-5-8-16-14/h5,7-8H,3-4,6,9-13H2,1-2H3. The Morgan fingerprint density at radius 2 is 1.95 bits per heavy atom. The van der Waals surface area contributed by atoms with Crippen LogP contribution in [0, 0.1) is 0 Å². The summed E-state index contributed by atoms with van der Waals surface area (Å²) >= 11 is 0. The zero-order valence-corrected chi connectivity index (χ0v) is 12.1. The van der Waals surface area contributed by atoms with E-state index < -0.39 is 0 Å². The molecule has 2 rings (SSSR count). The number of aromatic nitrogens is 2. The highest BCUT2D eigenvalue weighted by atomic mass is 15.6. The van der Waals surface area contributed by atoms with Crippen LogP contribution in [0.4, 0.5) is 5.95 Å². The molecule has 0 unspecified atom stereocenters. The molecule has 0 aliphatic carbocycles. The highest BCUT2D eigenvalue weighted by Crippen LogP contribution is 2.11. The first-order chi connectivity index (χ1) is 9.31. The third-order valence-electron chi connectivity index (χ3n) is 3.66. The first-order valence-corrected chi connectivity index (χ1v) is 7.29. The average molecular weight is 263 g/mol. The second kappa shape index (κ2) is 7.40. The molecule has 0 N–H and O–H groups in total. The quantitative estimate of drug-likeness (QED) is 0.807. The van der Waals surface area contributed by atoms with Crippen molar-refractivity contribution >= 4 is 5.95 Å². The van der Waals surface area contributed by atoms with Gasteiger partial charge in [0.25, 0.3) is 0 Å². The summed E-state index contributed by atoms with van der Waals surface area (Å²) in [5, 5.41) is 4.44. The first-order valence-electron chi connectivity index (χ1n) is 7.29. The van der Waals surface area contributed by atoms with Crippen molar-refractivity contribution in [1.82, 2.24) is 19.9 Å². The van der Waals surface area contributed by atoms with Gasteiger partial charge in [0.2, 0.25) is 5.95 Å². The summed E-state index contributed by atoms with van der Waals surface area (Å²) in [5.41, 5.74) is 0. The Morgan fingerprint density at radius 1 is 1.16 bits per heavy atom. The van der Waals surface area contributed by atoms with Gasteiger partial charge >= 0.3 is 0 Å². The lowest BCUT2D eigenvalue weighted by Crippen LogP contribution is -2.43. The van der Waals surface area contributed by atoms with Crippen LogP contribution in [0.15, 0.2) is 18.5 Å². The van der Waals surface area contributed by atoms with Crippen LogP contribution in [0.5, 0.6) is 0 Å². The van der Waals surface area contributed by atoms with Crippen LogP contribution in [-0.4, -0.2) is 59.6 Å². The molecule has 1 aromatic heterocycles. The second-order valence-electron chi connectivity index (χ2n) is 5.07. The lowest BCUT2D eigenvalue weighted by Gasteiger charge is -2.30. The molecule has 106 valence electrons. The van der Waals surface area contributed by atoms with Gasteiger partial charge in [-0.25, -0.2) is 15.0 Å². The van der Waals surface area contributed by atoms with E-state index in [0.717, 1.165) is 25.6 Å². The molecule has 1 saturated heterocycles. The van der Waals surface area contributed by atoms with Crippen molar-refractivity contribution < 1.29 is 0 Å². The largest absolute Gasteiger partial charge is 0.302 e. The van der Waals surface area contributed by atoms with E-state index in [-0.39, 0.29) is 0 Å². The third kappa shape index (κ3) is 4.14. The Kier molecular flexibility index (Phi) is 5.54. The van der Waals surface area contributed by atoms with E-state index in [4.69, 9.17) is 0 Å². The van der Waals surface area contributed by atoms with Gasteiger partial charge in [0.05, 0.1) is 0 Å². The van der Waals surface area contributed by atoms with Gasteiger partial charge in [0.1, 0.15) is 0 Å². The van der Waals surface area contributed by atoms with Crippen molar-refractivity contribution in [3.05, 3.63) is 18.5 Å². The molecule has 1 aromatic rings. The molecular weight excluding hydrogens is 238 g/mol. The SMILES string of the molecule is CCCCN1CCCN(N(C)c2ncccn2)CC1. The van der Waals surface area contributed by atoms with Crippen LogP contribution in [-0.2, 0) is 0 Å². The van der Waals surface area contributed by atoms with Crippen LogP contribution in [0.1, 0.15) is 26.2 Å². The summed E-state index contributed by atoms with van der Waals surface area (Å²) in [6.45, 7) is 7.97. The second-order valence-corrected chi connectivity index (χ2v) is 5.07. The number of hydrogen-bond donors (Lipinski definition) is 0. The van der Waals surface area contributed by atoms with E-state index >= 15 is 0 Å². The van der Waals surface area contributed by atoms with E-state index in [1.807, 2.05) is 6.07 Å². The lowest BCUT2D eigenvalue weighted by atomic mass is 10.3. The van der Waals surface area contributed by atoms with Gasteiger partial charge in [-0.1, -0.05) is 13.3 Å². The van der Waals surface area contributed by atoms with Crippen molar-refractivity contribution in [3.8, 4) is 0 Å². The summed E-state index contributed by atoms with van der Waals surface area (Å²) in [5.74, 6) is 0.782. The molecule has 1 aliphatic heterocycles. The number of hydrogen-bond acceptors (Lipinski definition) is 5. The van der Waals surface area contributed by atoms with Gasteiger partial charge in [-0.3, -0.25) is 5.01 Å². The minimum atomic E-state index is 0.782. The average Bonchev–Trinajstić information content (AvgIpc) is 2.71. The molecule has 19 heavy (non-hydrogen) atoms. The van der Waals surface area contributed by atoms with Gasteiger partial charge in [-0.15, -0.1) is 0 Å². The van der Waals surface area contributed by atoms with Gasteiger partial charge < -0.3 is 4.90 Å². The Bertz CT molecular complexity index is 356. The monoisotopic (exact) mass is 263 g/mol. The minimum Gasteiger partial charge on any atom is -0.302 e. The van der Waals surface area contributed by atoms with Gasteiger partial charge in [-0.05, 0) is 32.0 Å². The Labute approximate surface area is 116 Å². The normalized spacial score (nSPS) is 18.2. The Hall–Kier alpha value is -1.20. The molecule has 0 bridgehead atoms. The number of nitrogens with zero attached hydrogens (tertiary/aromatic N) is 5. The van der Waals surface area contributed by atoms with Gasteiger partial charge in [0, 0.05) is 39.1 Å². The number of rotatable bonds is 5. The topological polar surface area (TPSA) is 35.5 Å². The van der Waals surface area contributed by atoms with Crippen LogP contribution in [0.25, 0.3) is 0 Å². The molecule has 0 amide bonds. The number of unbranched alkanes of at least 4 members (excludes halogenated alkanes) is 1. The maximum atomic E-state index is 4.31. The predicted octanol–water partition coefficient (Wildman–Crippen LogP) is 1.64. The van der Waals surface area contributed by atoms with E-state index in [1.165, 1.54) is 32.4 Å². The molecule has 0 atom stereocenters. The predicted molar refractivity (Wildman–Crippen MR) is 78.0 cm³/mol. The molecule has 0 radical (unpaired) electrons. The summed E-state index contributed by atoms with van der Waals surface area (Å²) in [6, 6.07) is 1.85. The van der Waals surface area contributed by atoms with E-state index in [0.29, 0.717) is 0 Å². The maximum Gasteiger partial charge on any atom is 0.239 e. The molecule has 0 saturated carbocycles. The number of anilines is 1.